The van der Waals surface area contributed by atoms with E-state index in [1.807, 2.05) is 17.5 Å². The summed E-state index contributed by atoms with van der Waals surface area (Å²) in [4.78, 5) is 7.00. The van der Waals surface area contributed by atoms with E-state index in [-0.39, 0.29) is 5.82 Å². The SMILES string of the molecule is COc1cc(C2CCCN(Cc3nc(-c4nn[nH]n4)cs3)C2)ccc1F. The van der Waals surface area contributed by atoms with Crippen molar-refractivity contribution in [3.63, 3.8) is 0 Å². The summed E-state index contributed by atoms with van der Waals surface area (Å²) in [5.74, 6) is 0.877. The minimum Gasteiger partial charge on any atom is -0.494 e. The predicted octanol–water partition coefficient (Wildman–Crippen LogP) is 2.85. The van der Waals surface area contributed by atoms with E-state index in [2.05, 4.69) is 30.5 Å². The molecule has 3 aromatic rings. The van der Waals surface area contributed by atoms with Crippen molar-refractivity contribution in [2.24, 2.45) is 0 Å². The average molecular weight is 374 g/mol. The molecule has 7 nitrogen and oxygen atoms in total. The molecule has 1 unspecified atom stereocenters. The van der Waals surface area contributed by atoms with Crippen molar-refractivity contribution in [1.29, 1.82) is 0 Å². The van der Waals surface area contributed by atoms with Gasteiger partial charge in [-0.05, 0) is 48.2 Å². The van der Waals surface area contributed by atoms with Gasteiger partial charge < -0.3 is 4.74 Å². The monoisotopic (exact) mass is 374 g/mol. The van der Waals surface area contributed by atoms with Gasteiger partial charge in [0.25, 0.3) is 0 Å². The Balaban J connectivity index is 1.44. The van der Waals surface area contributed by atoms with Crippen LogP contribution in [0.15, 0.2) is 23.6 Å². The molecule has 1 aliphatic heterocycles. The summed E-state index contributed by atoms with van der Waals surface area (Å²) in [5.41, 5.74) is 1.87. The molecule has 1 saturated heterocycles. The largest absolute Gasteiger partial charge is 0.494 e. The van der Waals surface area contributed by atoms with Crippen LogP contribution in [0.5, 0.6) is 5.75 Å². The molecule has 0 radical (unpaired) electrons. The van der Waals surface area contributed by atoms with Gasteiger partial charge in [0.1, 0.15) is 10.7 Å². The number of piperidine rings is 1. The number of thiazole rings is 1. The molecule has 3 heterocycles. The zero-order chi connectivity index (χ0) is 17.9. The lowest BCUT2D eigenvalue weighted by Crippen LogP contribution is -2.33. The van der Waals surface area contributed by atoms with Crippen molar-refractivity contribution in [3.05, 3.63) is 40.0 Å². The molecule has 0 spiro atoms. The maximum Gasteiger partial charge on any atom is 0.223 e. The number of halogens is 1. The third-order valence-electron chi connectivity index (χ3n) is 4.64. The lowest BCUT2D eigenvalue weighted by molar-refractivity contribution is 0.200. The molecule has 1 fully saturated rings. The zero-order valence-corrected chi connectivity index (χ0v) is 15.2. The van der Waals surface area contributed by atoms with Gasteiger partial charge >= 0.3 is 0 Å². The summed E-state index contributed by atoms with van der Waals surface area (Å²) in [6.07, 6.45) is 2.20. The Labute approximate surface area is 154 Å². The fraction of sp³-hybridized carbons (Fsp3) is 0.412. The Bertz CT molecular complexity index is 868. The molecule has 1 atom stereocenters. The van der Waals surface area contributed by atoms with Crippen LogP contribution < -0.4 is 4.74 Å². The topological polar surface area (TPSA) is 79.8 Å². The number of hydrogen-bond acceptors (Lipinski definition) is 7. The number of rotatable bonds is 5. The Morgan fingerprint density at radius 1 is 1.42 bits per heavy atom. The fourth-order valence-electron chi connectivity index (χ4n) is 3.35. The van der Waals surface area contributed by atoms with Gasteiger partial charge in [-0.3, -0.25) is 4.90 Å². The van der Waals surface area contributed by atoms with Crippen LogP contribution in [0.3, 0.4) is 0 Å². The molecular formula is C17H19FN6OS. The van der Waals surface area contributed by atoms with Crippen molar-refractivity contribution in [1.82, 2.24) is 30.5 Å². The number of benzene rings is 1. The van der Waals surface area contributed by atoms with E-state index < -0.39 is 0 Å². The summed E-state index contributed by atoms with van der Waals surface area (Å²) in [6, 6.07) is 5.18. The molecule has 2 aromatic heterocycles. The van der Waals surface area contributed by atoms with Crippen LogP contribution in [0.25, 0.3) is 11.5 Å². The fourth-order valence-corrected chi connectivity index (χ4v) is 4.16. The maximum absolute atomic E-state index is 13.7. The summed E-state index contributed by atoms with van der Waals surface area (Å²) in [7, 11) is 1.50. The van der Waals surface area contributed by atoms with Crippen LogP contribution in [-0.2, 0) is 6.54 Å². The standard InChI is InChI=1S/C17H19FN6OS/c1-25-15-7-11(4-5-13(15)18)12-3-2-6-24(8-12)9-16-19-14(10-26-16)17-20-22-23-21-17/h4-5,7,10,12H,2-3,6,8-9H2,1H3,(H,20,21,22,23). The number of methoxy groups -OCH3 is 1. The number of aromatic nitrogens is 5. The zero-order valence-electron chi connectivity index (χ0n) is 14.4. The smallest absolute Gasteiger partial charge is 0.223 e. The number of hydrogen-bond donors (Lipinski definition) is 1. The average Bonchev–Trinajstić information content (AvgIpc) is 3.34. The highest BCUT2D eigenvalue weighted by molar-refractivity contribution is 7.09. The number of aromatic amines is 1. The number of tetrazole rings is 1. The van der Waals surface area contributed by atoms with Crippen LogP contribution in [0, 0.1) is 5.82 Å². The second-order valence-corrected chi connectivity index (χ2v) is 7.27. The molecule has 1 aliphatic rings. The second kappa shape index (κ2) is 7.46. The number of ether oxygens (including phenoxy) is 1. The first-order chi connectivity index (χ1) is 12.7. The lowest BCUT2D eigenvalue weighted by Gasteiger charge is -2.32. The highest BCUT2D eigenvalue weighted by Crippen LogP contribution is 2.31. The summed E-state index contributed by atoms with van der Waals surface area (Å²) in [5, 5.41) is 16.9. The number of nitrogens with zero attached hydrogens (tertiary/aromatic N) is 5. The van der Waals surface area contributed by atoms with Crippen LogP contribution in [-0.4, -0.2) is 50.7 Å². The highest BCUT2D eigenvalue weighted by Gasteiger charge is 2.23. The molecule has 0 saturated carbocycles. The van der Waals surface area contributed by atoms with E-state index >= 15 is 0 Å². The Morgan fingerprint density at radius 3 is 3.15 bits per heavy atom. The third kappa shape index (κ3) is 3.58. The third-order valence-corrected chi connectivity index (χ3v) is 5.47. The van der Waals surface area contributed by atoms with Crippen LogP contribution in [0.4, 0.5) is 4.39 Å². The molecule has 0 amide bonds. The summed E-state index contributed by atoms with van der Waals surface area (Å²) >= 11 is 1.60. The normalized spacial score (nSPS) is 18.2. The first kappa shape index (κ1) is 17.0. The van der Waals surface area contributed by atoms with Crippen molar-refractivity contribution in [3.8, 4) is 17.3 Å². The molecule has 1 N–H and O–H groups in total. The number of H-pyrrole nitrogens is 1. The first-order valence-electron chi connectivity index (χ1n) is 8.47. The van der Waals surface area contributed by atoms with E-state index in [1.54, 1.807) is 11.3 Å². The molecule has 9 heteroatoms. The Kier molecular flexibility index (Phi) is 4.89. The molecule has 0 bridgehead atoms. The maximum atomic E-state index is 13.7. The van der Waals surface area contributed by atoms with Crippen LogP contribution >= 0.6 is 11.3 Å². The molecule has 26 heavy (non-hydrogen) atoms. The van der Waals surface area contributed by atoms with Crippen molar-refractivity contribution in [2.45, 2.75) is 25.3 Å². The number of likely N-dealkylation sites (tertiary alicyclic amines) is 1. The van der Waals surface area contributed by atoms with Gasteiger partial charge in [0.05, 0.1) is 13.7 Å². The lowest BCUT2D eigenvalue weighted by atomic mass is 9.90. The quantitative estimate of drug-likeness (QED) is 0.740. The second-order valence-electron chi connectivity index (χ2n) is 6.33. The molecule has 0 aliphatic carbocycles. The van der Waals surface area contributed by atoms with Crippen molar-refractivity contribution >= 4 is 11.3 Å². The van der Waals surface area contributed by atoms with Gasteiger partial charge in [0, 0.05) is 11.9 Å². The van der Waals surface area contributed by atoms with Gasteiger partial charge in [-0.2, -0.15) is 5.21 Å². The van der Waals surface area contributed by atoms with Crippen LogP contribution in [0.2, 0.25) is 0 Å². The van der Waals surface area contributed by atoms with Gasteiger partial charge in [0.15, 0.2) is 11.6 Å². The molecular weight excluding hydrogens is 355 g/mol. The van der Waals surface area contributed by atoms with E-state index in [4.69, 9.17) is 4.74 Å². The molecule has 1 aromatic carbocycles. The molecule has 136 valence electrons. The van der Waals surface area contributed by atoms with Gasteiger partial charge in [-0.15, -0.1) is 21.5 Å². The minimum absolute atomic E-state index is 0.310. The van der Waals surface area contributed by atoms with E-state index in [0.717, 1.165) is 48.7 Å². The van der Waals surface area contributed by atoms with Gasteiger partial charge in [0.2, 0.25) is 5.82 Å². The Morgan fingerprint density at radius 2 is 2.35 bits per heavy atom. The van der Waals surface area contributed by atoms with E-state index in [9.17, 15) is 4.39 Å². The first-order valence-corrected chi connectivity index (χ1v) is 9.35. The van der Waals surface area contributed by atoms with E-state index in [0.29, 0.717) is 17.5 Å². The van der Waals surface area contributed by atoms with Crippen molar-refractivity contribution in [2.75, 3.05) is 20.2 Å². The minimum atomic E-state index is -0.319. The number of nitrogens with one attached hydrogen (secondary N) is 1. The predicted molar refractivity (Wildman–Crippen MR) is 95.5 cm³/mol. The van der Waals surface area contributed by atoms with Crippen molar-refractivity contribution < 1.29 is 9.13 Å². The highest BCUT2D eigenvalue weighted by atomic mass is 32.1. The van der Waals surface area contributed by atoms with E-state index in [1.165, 1.54) is 13.2 Å². The van der Waals surface area contributed by atoms with Crippen LogP contribution in [0.1, 0.15) is 29.3 Å². The molecule has 4 rings (SSSR count). The van der Waals surface area contributed by atoms with Gasteiger partial charge in [-0.25, -0.2) is 9.37 Å². The Hall–Kier alpha value is -2.39. The van der Waals surface area contributed by atoms with Gasteiger partial charge in [-0.1, -0.05) is 6.07 Å². The summed E-state index contributed by atoms with van der Waals surface area (Å²) < 4.78 is 18.8. The summed E-state index contributed by atoms with van der Waals surface area (Å²) in [6.45, 7) is 2.75.